The summed E-state index contributed by atoms with van der Waals surface area (Å²) in [6, 6.07) is 5.73. The molecule has 1 atom stereocenters. The fraction of sp³-hybridized carbons (Fsp3) is 0.400. The minimum absolute atomic E-state index is 0.406. The van der Waals surface area contributed by atoms with Crippen molar-refractivity contribution in [1.82, 2.24) is 5.32 Å². The van der Waals surface area contributed by atoms with Crippen LogP contribution in [0.2, 0.25) is 0 Å². The summed E-state index contributed by atoms with van der Waals surface area (Å²) >= 11 is 3.33. The van der Waals surface area contributed by atoms with Crippen LogP contribution in [0, 0.1) is 0 Å². The second kappa shape index (κ2) is 3.68. The van der Waals surface area contributed by atoms with E-state index in [1.54, 1.807) is 6.07 Å². The molecule has 1 fully saturated rings. The molecule has 0 radical (unpaired) electrons. The number of hydrogen-bond acceptors (Lipinski definition) is 2. The normalized spacial score (nSPS) is 22.1. The number of phenols is 1. The Labute approximate surface area is 86.1 Å². The summed E-state index contributed by atoms with van der Waals surface area (Å²) in [5, 5.41) is 13.0. The summed E-state index contributed by atoms with van der Waals surface area (Å²) in [7, 11) is 0. The van der Waals surface area contributed by atoms with Crippen LogP contribution in [-0.4, -0.2) is 18.2 Å². The van der Waals surface area contributed by atoms with Crippen LogP contribution in [-0.2, 0) is 0 Å². The number of halogens is 1. The van der Waals surface area contributed by atoms with E-state index in [2.05, 4.69) is 21.2 Å². The predicted molar refractivity (Wildman–Crippen MR) is 56.0 cm³/mol. The fourth-order valence-corrected chi connectivity index (χ4v) is 2.13. The molecule has 2 rings (SSSR count). The monoisotopic (exact) mass is 241 g/mol. The Morgan fingerprint density at radius 3 is 2.92 bits per heavy atom. The Bertz CT molecular complexity index is 308. The average Bonchev–Trinajstić information content (AvgIpc) is 2.56. The van der Waals surface area contributed by atoms with Gasteiger partial charge in [0.05, 0.1) is 0 Å². The minimum Gasteiger partial charge on any atom is -0.508 e. The van der Waals surface area contributed by atoms with Crippen molar-refractivity contribution in [3.05, 3.63) is 28.2 Å². The smallest absolute Gasteiger partial charge is 0.120 e. The van der Waals surface area contributed by atoms with Crippen molar-refractivity contribution in [3.8, 4) is 5.75 Å². The topological polar surface area (TPSA) is 32.3 Å². The van der Waals surface area contributed by atoms with E-state index >= 15 is 0 Å². The van der Waals surface area contributed by atoms with E-state index in [4.69, 9.17) is 0 Å². The van der Waals surface area contributed by atoms with Gasteiger partial charge in [0, 0.05) is 16.9 Å². The van der Waals surface area contributed by atoms with Gasteiger partial charge < -0.3 is 10.4 Å². The predicted octanol–water partition coefficient (Wildman–Crippen LogP) is 2.23. The van der Waals surface area contributed by atoms with E-state index in [-0.39, 0.29) is 0 Å². The van der Waals surface area contributed by atoms with Crippen molar-refractivity contribution in [2.75, 3.05) is 13.1 Å². The number of rotatable bonds is 1. The van der Waals surface area contributed by atoms with Gasteiger partial charge in [0.1, 0.15) is 5.75 Å². The Morgan fingerprint density at radius 1 is 1.46 bits per heavy atom. The first kappa shape index (κ1) is 9.03. The molecule has 1 aromatic rings. The van der Waals surface area contributed by atoms with E-state index in [1.807, 2.05) is 12.1 Å². The van der Waals surface area contributed by atoms with E-state index in [1.165, 1.54) is 0 Å². The molecule has 1 heterocycles. The summed E-state index contributed by atoms with van der Waals surface area (Å²) < 4.78 is 0.930. The zero-order chi connectivity index (χ0) is 9.26. The molecule has 13 heavy (non-hydrogen) atoms. The number of aromatic hydroxyl groups is 1. The second-order valence-electron chi connectivity index (χ2n) is 3.39. The molecule has 3 heteroatoms. The van der Waals surface area contributed by atoms with Crippen molar-refractivity contribution in [1.29, 1.82) is 0 Å². The highest BCUT2D eigenvalue weighted by atomic mass is 79.9. The standard InChI is InChI=1S/C10H12BrNO/c11-8-1-2-9(10(13)5-8)7-3-4-12-6-7/h1-2,5,7,12-13H,3-4,6H2/t7-/m1/s1. The van der Waals surface area contributed by atoms with Crippen molar-refractivity contribution in [2.45, 2.75) is 12.3 Å². The van der Waals surface area contributed by atoms with E-state index in [0.717, 1.165) is 29.5 Å². The molecule has 0 amide bonds. The summed E-state index contributed by atoms with van der Waals surface area (Å²) in [4.78, 5) is 0. The third-order valence-electron chi connectivity index (χ3n) is 2.49. The maximum Gasteiger partial charge on any atom is 0.120 e. The van der Waals surface area contributed by atoms with Gasteiger partial charge in [-0.05, 0) is 30.7 Å². The van der Waals surface area contributed by atoms with Crippen molar-refractivity contribution in [3.63, 3.8) is 0 Å². The number of hydrogen-bond donors (Lipinski definition) is 2. The molecule has 0 spiro atoms. The highest BCUT2D eigenvalue weighted by molar-refractivity contribution is 9.10. The molecule has 0 aliphatic carbocycles. The van der Waals surface area contributed by atoms with E-state index in [9.17, 15) is 5.11 Å². The summed E-state index contributed by atoms with van der Waals surface area (Å²) in [6.45, 7) is 2.04. The minimum atomic E-state index is 0.406. The maximum absolute atomic E-state index is 9.69. The SMILES string of the molecule is Oc1cc(Br)ccc1[C@@H]1CCNC1. The molecular weight excluding hydrogens is 230 g/mol. The molecule has 0 bridgehead atoms. The van der Waals surface area contributed by atoms with Crippen LogP contribution in [0.25, 0.3) is 0 Å². The Morgan fingerprint density at radius 2 is 2.31 bits per heavy atom. The van der Waals surface area contributed by atoms with Gasteiger partial charge in [-0.15, -0.1) is 0 Å². The van der Waals surface area contributed by atoms with Crippen LogP contribution in [0.1, 0.15) is 17.9 Å². The van der Waals surface area contributed by atoms with Gasteiger partial charge in [-0.1, -0.05) is 22.0 Å². The molecule has 0 unspecified atom stereocenters. The van der Waals surface area contributed by atoms with Crippen LogP contribution in [0.15, 0.2) is 22.7 Å². The molecule has 1 saturated heterocycles. The van der Waals surface area contributed by atoms with Crippen molar-refractivity contribution < 1.29 is 5.11 Å². The molecule has 0 saturated carbocycles. The summed E-state index contributed by atoms with van der Waals surface area (Å²) in [6.07, 6.45) is 1.12. The zero-order valence-corrected chi connectivity index (χ0v) is 8.84. The lowest BCUT2D eigenvalue weighted by Crippen LogP contribution is -2.07. The molecule has 70 valence electrons. The molecule has 1 aromatic carbocycles. The number of benzene rings is 1. The van der Waals surface area contributed by atoms with Crippen LogP contribution in [0.3, 0.4) is 0 Å². The lowest BCUT2D eigenvalue weighted by atomic mass is 9.98. The Hall–Kier alpha value is -0.540. The van der Waals surface area contributed by atoms with Gasteiger partial charge in [-0.3, -0.25) is 0 Å². The molecule has 2 N–H and O–H groups in total. The second-order valence-corrected chi connectivity index (χ2v) is 4.31. The van der Waals surface area contributed by atoms with Crippen LogP contribution in [0.4, 0.5) is 0 Å². The molecule has 0 aromatic heterocycles. The van der Waals surface area contributed by atoms with E-state index in [0.29, 0.717) is 11.7 Å². The maximum atomic E-state index is 9.69. The highest BCUT2D eigenvalue weighted by Gasteiger charge is 2.19. The Balaban J connectivity index is 2.29. The number of nitrogens with one attached hydrogen (secondary N) is 1. The summed E-state index contributed by atoms with van der Waals surface area (Å²) in [5.41, 5.74) is 1.06. The van der Waals surface area contributed by atoms with Crippen LogP contribution < -0.4 is 5.32 Å². The first-order valence-corrected chi connectivity index (χ1v) is 5.26. The average molecular weight is 242 g/mol. The lowest BCUT2D eigenvalue weighted by molar-refractivity contribution is 0.462. The van der Waals surface area contributed by atoms with Crippen molar-refractivity contribution in [2.24, 2.45) is 0 Å². The van der Waals surface area contributed by atoms with Gasteiger partial charge in [0.25, 0.3) is 0 Å². The van der Waals surface area contributed by atoms with Gasteiger partial charge in [-0.25, -0.2) is 0 Å². The van der Waals surface area contributed by atoms with Gasteiger partial charge in [0.15, 0.2) is 0 Å². The number of phenolic OH excluding ortho intramolecular Hbond substituents is 1. The molecule has 1 aliphatic rings. The Kier molecular flexibility index (Phi) is 2.56. The third kappa shape index (κ3) is 1.86. The van der Waals surface area contributed by atoms with Gasteiger partial charge in [0.2, 0.25) is 0 Å². The largest absolute Gasteiger partial charge is 0.508 e. The van der Waals surface area contributed by atoms with Gasteiger partial charge in [-0.2, -0.15) is 0 Å². The lowest BCUT2D eigenvalue weighted by Gasteiger charge is -2.10. The molecule has 2 nitrogen and oxygen atoms in total. The molecule has 1 aliphatic heterocycles. The third-order valence-corrected chi connectivity index (χ3v) is 2.99. The fourth-order valence-electron chi connectivity index (χ4n) is 1.78. The van der Waals surface area contributed by atoms with Crippen LogP contribution in [0.5, 0.6) is 5.75 Å². The van der Waals surface area contributed by atoms with E-state index < -0.39 is 0 Å². The van der Waals surface area contributed by atoms with Crippen LogP contribution >= 0.6 is 15.9 Å². The highest BCUT2D eigenvalue weighted by Crippen LogP contribution is 2.31. The van der Waals surface area contributed by atoms with Crippen molar-refractivity contribution >= 4 is 15.9 Å². The first-order chi connectivity index (χ1) is 6.27. The zero-order valence-electron chi connectivity index (χ0n) is 7.26. The molecular formula is C10H12BrNO. The first-order valence-electron chi connectivity index (χ1n) is 4.46. The quantitative estimate of drug-likeness (QED) is 0.791. The van der Waals surface area contributed by atoms with Gasteiger partial charge >= 0.3 is 0 Å². The summed E-state index contributed by atoms with van der Waals surface area (Å²) in [5.74, 6) is 0.885.